The molecule has 0 spiro atoms. The number of benzene rings is 1. The van der Waals surface area contributed by atoms with E-state index in [1.54, 1.807) is 16.8 Å². The largest absolute Gasteiger partial charge is 0.489 e. The van der Waals surface area contributed by atoms with Gasteiger partial charge >= 0.3 is 0 Å². The number of aromatic nitrogens is 3. The topological polar surface area (TPSA) is 66.0 Å². The number of ether oxygens (including phenoxy) is 1. The Morgan fingerprint density at radius 2 is 2.26 bits per heavy atom. The highest BCUT2D eigenvalue weighted by Crippen LogP contribution is 2.39. The number of nitrogens with two attached hydrogens (primary N) is 1. The second-order valence-corrected chi connectivity index (χ2v) is 5.59. The van der Waals surface area contributed by atoms with Crippen LogP contribution in [-0.2, 0) is 7.05 Å². The fraction of sp³-hybridized carbons (Fsp3) is 0.375. The van der Waals surface area contributed by atoms with Crippen LogP contribution in [0.4, 0.5) is 8.78 Å². The number of hydrogen-bond acceptors (Lipinski definition) is 4. The molecule has 1 aliphatic rings. The summed E-state index contributed by atoms with van der Waals surface area (Å²) < 4.78 is 33.7. The minimum absolute atomic E-state index is 0.0144. The average molecular weight is 320 g/mol. The molecule has 1 aromatic heterocycles. The molecule has 2 aromatic rings. The van der Waals surface area contributed by atoms with Crippen LogP contribution < -0.4 is 10.5 Å². The molecule has 2 N–H and O–H groups in total. The Labute approximate surface area is 132 Å². The summed E-state index contributed by atoms with van der Waals surface area (Å²) in [5.41, 5.74) is 5.96. The average Bonchev–Trinajstić information content (AvgIpc) is 3.31. The van der Waals surface area contributed by atoms with Crippen molar-refractivity contribution in [2.75, 3.05) is 13.2 Å². The molecular formula is C16H18F2N4O. The van der Waals surface area contributed by atoms with Gasteiger partial charge in [0.05, 0.1) is 11.9 Å². The lowest BCUT2D eigenvalue weighted by Gasteiger charge is -2.08. The Morgan fingerprint density at radius 3 is 2.87 bits per heavy atom. The molecular weight excluding hydrogens is 302 g/mol. The van der Waals surface area contributed by atoms with Gasteiger partial charge in [-0.25, -0.2) is 13.8 Å². The van der Waals surface area contributed by atoms with Crippen LogP contribution in [0.25, 0.3) is 11.4 Å². The van der Waals surface area contributed by atoms with Crippen molar-refractivity contribution in [2.24, 2.45) is 12.8 Å². The van der Waals surface area contributed by atoms with Crippen LogP contribution in [0.3, 0.4) is 0 Å². The van der Waals surface area contributed by atoms with Crippen molar-refractivity contribution in [1.29, 1.82) is 0 Å². The lowest BCUT2D eigenvalue weighted by molar-refractivity contribution is 0.345. The lowest BCUT2D eigenvalue weighted by atomic mass is 10.2. The van der Waals surface area contributed by atoms with Crippen molar-refractivity contribution in [3.63, 3.8) is 0 Å². The minimum Gasteiger partial charge on any atom is -0.489 e. The summed E-state index contributed by atoms with van der Waals surface area (Å²) in [6.45, 7) is 0.0400. The Balaban J connectivity index is 1.78. The molecule has 122 valence electrons. The fourth-order valence-corrected chi connectivity index (χ4v) is 2.29. The summed E-state index contributed by atoms with van der Waals surface area (Å²) in [6.07, 6.45) is 2.61. The van der Waals surface area contributed by atoms with Crippen LogP contribution in [0.2, 0.25) is 0 Å². The number of rotatable bonds is 6. The molecule has 1 aliphatic carbocycles. The van der Waals surface area contributed by atoms with E-state index in [4.69, 9.17) is 10.5 Å². The third-order valence-electron chi connectivity index (χ3n) is 3.76. The van der Waals surface area contributed by atoms with Gasteiger partial charge in [0.25, 0.3) is 0 Å². The molecule has 3 rings (SSSR count). The Hall–Kier alpha value is -2.28. The van der Waals surface area contributed by atoms with Gasteiger partial charge in [0.15, 0.2) is 5.82 Å². The van der Waals surface area contributed by atoms with Gasteiger partial charge in [-0.3, -0.25) is 4.68 Å². The molecule has 0 saturated heterocycles. The molecule has 1 heterocycles. The molecule has 0 radical (unpaired) electrons. The van der Waals surface area contributed by atoms with E-state index in [1.165, 1.54) is 6.07 Å². The molecule has 0 aliphatic heterocycles. The third kappa shape index (κ3) is 3.39. The maximum Gasteiger partial charge on any atom is 0.184 e. The monoisotopic (exact) mass is 320 g/mol. The minimum atomic E-state index is -0.478. The predicted octanol–water partition coefficient (Wildman–Crippen LogP) is 2.69. The van der Waals surface area contributed by atoms with Gasteiger partial charge in [0.1, 0.15) is 24.0 Å². The standard InChI is InChI=1S/C16H18F2N4O/c1-22-16(11-2-3-11)20-15(21-22)13-5-4-12(6-14(13)18)23-9-10(7-17)8-19/h4-7,11H,2-3,8-9,19H2,1H3/b10-7+. The van der Waals surface area contributed by atoms with Crippen molar-refractivity contribution in [3.8, 4) is 17.1 Å². The molecule has 0 amide bonds. The van der Waals surface area contributed by atoms with E-state index in [9.17, 15) is 8.78 Å². The van der Waals surface area contributed by atoms with Crippen molar-refractivity contribution >= 4 is 0 Å². The Morgan fingerprint density at radius 1 is 1.48 bits per heavy atom. The predicted molar refractivity (Wildman–Crippen MR) is 82.1 cm³/mol. The highest BCUT2D eigenvalue weighted by molar-refractivity contribution is 5.57. The normalized spacial score (nSPS) is 15.0. The maximum atomic E-state index is 14.3. The first-order chi connectivity index (χ1) is 11.1. The van der Waals surface area contributed by atoms with E-state index in [1.807, 2.05) is 7.05 Å². The van der Waals surface area contributed by atoms with Crippen molar-refractivity contribution in [3.05, 3.63) is 41.7 Å². The van der Waals surface area contributed by atoms with E-state index in [0.717, 1.165) is 18.7 Å². The maximum absolute atomic E-state index is 14.3. The van der Waals surface area contributed by atoms with E-state index in [0.29, 0.717) is 35.0 Å². The van der Waals surface area contributed by atoms with E-state index in [-0.39, 0.29) is 13.2 Å². The highest BCUT2D eigenvalue weighted by Gasteiger charge is 2.29. The fourth-order valence-electron chi connectivity index (χ4n) is 2.29. The molecule has 0 unspecified atom stereocenters. The summed E-state index contributed by atoms with van der Waals surface area (Å²) in [6, 6.07) is 4.42. The molecule has 1 fully saturated rings. The second kappa shape index (κ2) is 6.45. The van der Waals surface area contributed by atoms with Gasteiger partial charge in [0.2, 0.25) is 0 Å². The van der Waals surface area contributed by atoms with Gasteiger partial charge in [-0.15, -0.1) is 0 Å². The first-order valence-corrected chi connectivity index (χ1v) is 7.44. The summed E-state index contributed by atoms with van der Waals surface area (Å²) in [5.74, 6) is 1.52. The molecule has 1 saturated carbocycles. The molecule has 23 heavy (non-hydrogen) atoms. The quantitative estimate of drug-likeness (QED) is 0.889. The smallest absolute Gasteiger partial charge is 0.184 e. The summed E-state index contributed by atoms with van der Waals surface area (Å²) in [5, 5.41) is 4.28. The molecule has 0 atom stereocenters. The number of aryl methyl sites for hydroxylation is 1. The second-order valence-electron chi connectivity index (χ2n) is 5.59. The Bertz CT molecular complexity index is 738. The van der Waals surface area contributed by atoms with Crippen LogP contribution in [0.1, 0.15) is 24.6 Å². The van der Waals surface area contributed by atoms with Crippen LogP contribution in [0.15, 0.2) is 30.1 Å². The molecule has 1 aromatic carbocycles. The van der Waals surface area contributed by atoms with Crippen molar-refractivity contribution < 1.29 is 13.5 Å². The number of nitrogens with zero attached hydrogens (tertiary/aromatic N) is 3. The number of hydrogen-bond donors (Lipinski definition) is 1. The molecule has 0 bridgehead atoms. The Kier molecular flexibility index (Phi) is 4.38. The zero-order chi connectivity index (χ0) is 16.4. The molecule has 7 heteroatoms. The van der Waals surface area contributed by atoms with E-state index >= 15 is 0 Å². The van der Waals surface area contributed by atoms with Gasteiger partial charge in [0, 0.05) is 31.1 Å². The first kappa shape index (κ1) is 15.6. The van der Waals surface area contributed by atoms with Crippen LogP contribution in [0, 0.1) is 5.82 Å². The van der Waals surface area contributed by atoms with Crippen LogP contribution in [0.5, 0.6) is 5.75 Å². The number of halogens is 2. The SMILES string of the molecule is Cn1nc(-c2ccc(OC/C(=C/F)CN)cc2F)nc1C1CC1. The summed E-state index contributed by atoms with van der Waals surface area (Å²) in [4.78, 5) is 4.43. The summed E-state index contributed by atoms with van der Waals surface area (Å²) in [7, 11) is 1.82. The lowest BCUT2D eigenvalue weighted by Crippen LogP contribution is -2.10. The van der Waals surface area contributed by atoms with E-state index in [2.05, 4.69) is 10.1 Å². The highest BCUT2D eigenvalue weighted by atomic mass is 19.1. The van der Waals surface area contributed by atoms with Crippen molar-refractivity contribution in [2.45, 2.75) is 18.8 Å². The summed E-state index contributed by atoms with van der Waals surface area (Å²) >= 11 is 0. The van der Waals surface area contributed by atoms with Crippen molar-refractivity contribution in [1.82, 2.24) is 14.8 Å². The van der Waals surface area contributed by atoms with Crippen LogP contribution in [-0.4, -0.2) is 27.9 Å². The zero-order valence-corrected chi connectivity index (χ0v) is 12.8. The van der Waals surface area contributed by atoms with Gasteiger partial charge in [-0.05, 0) is 25.0 Å². The molecule has 5 nitrogen and oxygen atoms in total. The van der Waals surface area contributed by atoms with Gasteiger partial charge in [-0.2, -0.15) is 5.10 Å². The van der Waals surface area contributed by atoms with Gasteiger partial charge in [-0.1, -0.05) is 0 Å². The zero-order valence-electron chi connectivity index (χ0n) is 12.8. The first-order valence-electron chi connectivity index (χ1n) is 7.44. The van der Waals surface area contributed by atoms with Gasteiger partial charge < -0.3 is 10.5 Å². The van der Waals surface area contributed by atoms with E-state index < -0.39 is 5.82 Å². The third-order valence-corrected chi connectivity index (χ3v) is 3.76. The van der Waals surface area contributed by atoms with Crippen LogP contribution >= 0.6 is 0 Å².